The van der Waals surface area contributed by atoms with Crippen LogP contribution in [0.3, 0.4) is 0 Å². The Balaban J connectivity index is 1.51. The summed E-state index contributed by atoms with van der Waals surface area (Å²) in [5, 5.41) is 12.5. The van der Waals surface area contributed by atoms with Gasteiger partial charge in [-0.1, -0.05) is 42.5 Å². The number of rotatable bonds is 6. The van der Waals surface area contributed by atoms with Gasteiger partial charge in [0.05, 0.1) is 0 Å². The van der Waals surface area contributed by atoms with Crippen LogP contribution < -0.4 is 10.1 Å². The molecule has 0 saturated heterocycles. The van der Waals surface area contributed by atoms with Crippen LogP contribution in [0.15, 0.2) is 59.5 Å². The van der Waals surface area contributed by atoms with Crippen molar-refractivity contribution in [2.24, 2.45) is 5.92 Å². The molecule has 0 unspecified atom stereocenters. The molecule has 1 aliphatic rings. The number of hydrogen-bond acceptors (Lipinski definition) is 4. The van der Waals surface area contributed by atoms with Gasteiger partial charge in [0.1, 0.15) is 5.75 Å². The molecule has 5 heteroatoms. The highest BCUT2D eigenvalue weighted by atomic mass is 32.2. The van der Waals surface area contributed by atoms with Crippen molar-refractivity contribution in [3.63, 3.8) is 0 Å². The zero-order valence-electron chi connectivity index (χ0n) is 13.4. The zero-order valence-corrected chi connectivity index (χ0v) is 14.2. The summed E-state index contributed by atoms with van der Waals surface area (Å²) >= 11 is 1.63. The fraction of sp³-hybridized carbons (Fsp3) is 0.316. The molecule has 1 aliphatic heterocycles. The third-order valence-electron chi connectivity index (χ3n) is 3.99. The molecule has 3 rings (SSSR count). The van der Waals surface area contributed by atoms with E-state index in [9.17, 15) is 9.90 Å². The second-order valence-corrected chi connectivity index (χ2v) is 6.91. The van der Waals surface area contributed by atoms with Crippen molar-refractivity contribution in [1.29, 1.82) is 0 Å². The van der Waals surface area contributed by atoms with Crippen LogP contribution in [0.2, 0.25) is 0 Å². The first kappa shape index (κ1) is 16.9. The maximum absolute atomic E-state index is 12.3. The summed E-state index contributed by atoms with van der Waals surface area (Å²) in [6.07, 6.45) is 0.252. The molecular formula is C19H21NO3S. The molecule has 126 valence electrons. The molecule has 0 fully saturated rings. The summed E-state index contributed by atoms with van der Waals surface area (Å²) in [6.45, 7) is 0.481. The summed E-state index contributed by atoms with van der Waals surface area (Å²) < 4.78 is 5.78. The van der Waals surface area contributed by atoms with Gasteiger partial charge in [0.25, 0.3) is 5.91 Å². The number of carbonyl (C=O) groups excluding carboxylic acids is 1. The van der Waals surface area contributed by atoms with E-state index in [0.29, 0.717) is 12.3 Å². The van der Waals surface area contributed by atoms with E-state index in [1.54, 1.807) is 11.8 Å². The summed E-state index contributed by atoms with van der Waals surface area (Å²) in [4.78, 5) is 13.4. The van der Waals surface area contributed by atoms with Gasteiger partial charge in [0.15, 0.2) is 6.10 Å². The molecule has 0 aromatic heterocycles. The molecule has 0 saturated carbocycles. The fourth-order valence-corrected chi connectivity index (χ4v) is 3.64. The normalized spacial score (nSPS) is 17.5. The summed E-state index contributed by atoms with van der Waals surface area (Å²) in [5.41, 5.74) is 1.16. The van der Waals surface area contributed by atoms with Crippen molar-refractivity contribution < 1.29 is 14.6 Å². The average molecular weight is 343 g/mol. The first-order valence-electron chi connectivity index (χ1n) is 8.07. The highest BCUT2D eigenvalue weighted by Crippen LogP contribution is 2.34. The Morgan fingerprint density at radius 1 is 1.21 bits per heavy atom. The largest absolute Gasteiger partial charge is 0.479 e. The molecule has 4 nitrogen and oxygen atoms in total. The van der Waals surface area contributed by atoms with Crippen molar-refractivity contribution in [1.82, 2.24) is 5.32 Å². The number of para-hydroxylation sites is 1. The minimum Gasteiger partial charge on any atom is -0.479 e. The van der Waals surface area contributed by atoms with Gasteiger partial charge in [0.2, 0.25) is 0 Å². The average Bonchev–Trinajstić information content (AvgIpc) is 2.65. The second-order valence-electron chi connectivity index (χ2n) is 5.85. The SMILES string of the molecule is O=C(NC[C@H](CO)Cc1ccccc1)[C@H]1CSc2ccccc2O1. The number of thioether (sulfide) groups is 1. The predicted molar refractivity (Wildman–Crippen MR) is 95.3 cm³/mol. The van der Waals surface area contributed by atoms with Gasteiger partial charge in [-0.2, -0.15) is 0 Å². The lowest BCUT2D eigenvalue weighted by atomic mass is 10.00. The monoisotopic (exact) mass is 343 g/mol. The molecule has 1 amide bonds. The van der Waals surface area contributed by atoms with Gasteiger partial charge in [-0.15, -0.1) is 11.8 Å². The summed E-state index contributed by atoms with van der Waals surface area (Å²) in [5.74, 6) is 1.24. The van der Waals surface area contributed by atoms with Crippen LogP contribution in [-0.4, -0.2) is 36.0 Å². The summed E-state index contributed by atoms with van der Waals surface area (Å²) in [7, 11) is 0. The number of benzene rings is 2. The molecule has 2 aromatic rings. The maximum Gasteiger partial charge on any atom is 0.261 e. The second kappa shape index (κ2) is 8.22. The first-order chi connectivity index (χ1) is 11.8. The smallest absolute Gasteiger partial charge is 0.261 e. The zero-order chi connectivity index (χ0) is 16.8. The maximum atomic E-state index is 12.3. The van der Waals surface area contributed by atoms with Gasteiger partial charge >= 0.3 is 0 Å². The molecule has 1 heterocycles. The number of ether oxygens (including phenoxy) is 1. The van der Waals surface area contributed by atoms with E-state index in [-0.39, 0.29) is 18.4 Å². The Morgan fingerprint density at radius 2 is 1.96 bits per heavy atom. The number of aliphatic hydroxyl groups is 1. The molecule has 2 atom stereocenters. The number of hydrogen-bond donors (Lipinski definition) is 2. The third kappa shape index (κ3) is 4.30. The predicted octanol–water partition coefficient (Wildman–Crippen LogP) is 2.51. The molecule has 2 aromatic carbocycles. The van der Waals surface area contributed by atoms with Crippen molar-refractivity contribution in [2.45, 2.75) is 17.4 Å². The molecule has 0 aliphatic carbocycles. The molecular weight excluding hydrogens is 322 g/mol. The lowest BCUT2D eigenvalue weighted by Gasteiger charge is -2.25. The van der Waals surface area contributed by atoms with E-state index in [4.69, 9.17) is 4.74 Å². The fourth-order valence-electron chi connectivity index (χ4n) is 2.66. The number of nitrogens with one attached hydrogen (secondary N) is 1. The van der Waals surface area contributed by atoms with Crippen LogP contribution in [0.5, 0.6) is 5.75 Å². The van der Waals surface area contributed by atoms with Crippen molar-refractivity contribution in [3.05, 3.63) is 60.2 Å². The first-order valence-corrected chi connectivity index (χ1v) is 9.06. The van der Waals surface area contributed by atoms with E-state index in [2.05, 4.69) is 5.32 Å². The van der Waals surface area contributed by atoms with Crippen LogP contribution in [0.4, 0.5) is 0 Å². The van der Waals surface area contributed by atoms with Crippen molar-refractivity contribution in [2.75, 3.05) is 18.9 Å². The standard InChI is InChI=1S/C19H21NO3S/c21-12-15(10-14-6-2-1-3-7-14)11-20-19(22)17-13-24-18-9-5-4-8-16(18)23-17/h1-9,15,17,21H,10-13H2,(H,20,22)/t15-,17-/m1/s1. The van der Waals surface area contributed by atoms with Crippen LogP contribution in [0.1, 0.15) is 5.56 Å². The topological polar surface area (TPSA) is 58.6 Å². The Bertz CT molecular complexity index is 677. The summed E-state index contributed by atoms with van der Waals surface area (Å²) in [6, 6.07) is 17.7. The number of fused-ring (bicyclic) bond motifs is 1. The Kier molecular flexibility index (Phi) is 5.77. The van der Waals surface area contributed by atoms with Crippen LogP contribution in [0.25, 0.3) is 0 Å². The highest BCUT2D eigenvalue weighted by Gasteiger charge is 2.26. The van der Waals surface area contributed by atoms with Crippen molar-refractivity contribution >= 4 is 17.7 Å². The molecule has 0 radical (unpaired) electrons. The van der Waals surface area contributed by atoms with Crippen LogP contribution >= 0.6 is 11.8 Å². The molecule has 0 bridgehead atoms. The molecule has 2 N–H and O–H groups in total. The number of carbonyl (C=O) groups is 1. The van der Waals surface area contributed by atoms with Gasteiger partial charge in [-0.05, 0) is 24.1 Å². The number of amides is 1. The lowest BCUT2D eigenvalue weighted by molar-refractivity contribution is -0.127. The van der Waals surface area contributed by atoms with Gasteiger partial charge in [0, 0.05) is 29.7 Å². The minimum atomic E-state index is -0.485. The Morgan fingerprint density at radius 3 is 2.75 bits per heavy atom. The van der Waals surface area contributed by atoms with Crippen LogP contribution in [0, 0.1) is 5.92 Å². The van der Waals surface area contributed by atoms with Crippen LogP contribution in [-0.2, 0) is 11.2 Å². The van der Waals surface area contributed by atoms with Gasteiger partial charge in [-0.3, -0.25) is 4.79 Å². The van der Waals surface area contributed by atoms with E-state index in [0.717, 1.165) is 22.6 Å². The van der Waals surface area contributed by atoms with E-state index < -0.39 is 6.10 Å². The lowest BCUT2D eigenvalue weighted by Crippen LogP contribution is -2.43. The third-order valence-corrected chi connectivity index (χ3v) is 5.11. The van der Waals surface area contributed by atoms with E-state index >= 15 is 0 Å². The Hall–Kier alpha value is -1.98. The van der Waals surface area contributed by atoms with E-state index in [1.165, 1.54) is 0 Å². The van der Waals surface area contributed by atoms with Crippen molar-refractivity contribution in [3.8, 4) is 5.75 Å². The quantitative estimate of drug-likeness (QED) is 0.846. The number of aliphatic hydroxyl groups excluding tert-OH is 1. The van der Waals surface area contributed by atoms with E-state index in [1.807, 2.05) is 54.6 Å². The minimum absolute atomic E-state index is 0.000111. The Labute approximate surface area is 146 Å². The highest BCUT2D eigenvalue weighted by molar-refractivity contribution is 7.99. The van der Waals surface area contributed by atoms with Gasteiger partial charge < -0.3 is 15.2 Å². The van der Waals surface area contributed by atoms with Gasteiger partial charge in [-0.25, -0.2) is 0 Å². The molecule has 24 heavy (non-hydrogen) atoms. The molecule has 0 spiro atoms.